The number of anilines is 1. The van der Waals surface area contributed by atoms with Crippen LogP contribution in [0.15, 0.2) is 16.6 Å². The first-order chi connectivity index (χ1) is 9.04. The van der Waals surface area contributed by atoms with Crippen LogP contribution in [-0.2, 0) is 4.74 Å². The van der Waals surface area contributed by atoms with Gasteiger partial charge in [0.2, 0.25) is 0 Å². The number of carbonyl (C=O) groups excluding carboxylic acids is 1. The van der Waals surface area contributed by atoms with Crippen molar-refractivity contribution in [2.75, 3.05) is 19.1 Å². The van der Waals surface area contributed by atoms with E-state index in [1.54, 1.807) is 6.07 Å². The SMILES string of the molecule is COC(=O)c1cc(Br)cc(N(C)C2CCCC2)c1Cl. The molecule has 0 saturated heterocycles. The van der Waals surface area contributed by atoms with Crippen molar-refractivity contribution in [2.24, 2.45) is 0 Å². The third-order valence-corrected chi connectivity index (χ3v) is 4.53. The van der Waals surface area contributed by atoms with Crippen molar-refractivity contribution in [3.05, 3.63) is 27.2 Å². The van der Waals surface area contributed by atoms with Gasteiger partial charge in [-0.05, 0) is 25.0 Å². The van der Waals surface area contributed by atoms with Crippen LogP contribution in [0.5, 0.6) is 0 Å². The van der Waals surface area contributed by atoms with Crippen LogP contribution < -0.4 is 4.90 Å². The number of methoxy groups -OCH3 is 1. The molecule has 0 N–H and O–H groups in total. The van der Waals surface area contributed by atoms with Gasteiger partial charge in [-0.25, -0.2) is 4.79 Å². The smallest absolute Gasteiger partial charge is 0.339 e. The fourth-order valence-electron chi connectivity index (χ4n) is 2.58. The van der Waals surface area contributed by atoms with Gasteiger partial charge in [-0.1, -0.05) is 40.4 Å². The normalized spacial score (nSPS) is 15.6. The number of benzene rings is 1. The third kappa shape index (κ3) is 3.06. The van der Waals surface area contributed by atoms with E-state index in [1.807, 2.05) is 13.1 Å². The molecule has 1 aliphatic carbocycles. The summed E-state index contributed by atoms with van der Waals surface area (Å²) in [5.41, 5.74) is 1.28. The summed E-state index contributed by atoms with van der Waals surface area (Å²) in [7, 11) is 3.39. The number of carbonyl (C=O) groups is 1. The van der Waals surface area contributed by atoms with Gasteiger partial charge >= 0.3 is 5.97 Å². The van der Waals surface area contributed by atoms with E-state index >= 15 is 0 Å². The minimum Gasteiger partial charge on any atom is -0.465 e. The second-order valence-electron chi connectivity index (χ2n) is 4.83. The molecule has 1 fully saturated rings. The Morgan fingerprint density at radius 3 is 2.63 bits per heavy atom. The van der Waals surface area contributed by atoms with Crippen molar-refractivity contribution >= 4 is 39.2 Å². The van der Waals surface area contributed by atoms with Crippen LogP contribution in [0.3, 0.4) is 0 Å². The van der Waals surface area contributed by atoms with E-state index in [4.69, 9.17) is 16.3 Å². The maximum atomic E-state index is 11.7. The highest BCUT2D eigenvalue weighted by Crippen LogP contribution is 2.36. The van der Waals surface area contributed by atoms with Gasteiger partial charge in [0.25, 0.3) is 0 Å². The van der Waals surface area contributed by atoms with Gasteiger partial charge in [0.15, 0.2) is 0 Å². The van der Waals surface area contributed by atoms with Gasteiger partial charge in [0.05, 0.1) is 23.4 Å². The summed E-state index contributed by atoms with van der Waals surface area (Å²) >= 11 is 9.79. The Bertz CT molecular complexity index is 487. The summed E-state index contributed by atoms with van der Waals surface area (Å²) in [6, 6.07) is 4.14. The Labute approximate surface area is 127 Å². The lowest BCUT2D eigenvalue weighted by Gasteiger charge is -2.28. The predicted molar refractivity (Wildman–Crippen MR) is 81.2 cm³/mol. The minimum absolute atomic E-state index is 0.401. The molecule has 1 aliphatic rings. The third-order valence-electron chi connectivity index (χ3n) is 3.68. The van der Waals surface area contributed by atoms with Crippen LogP contribution in [0, 0.1) is 0 Å². The standard InChI is InChI=1S/C14H17BrClNO2/c1-17(10-5-3-4-6-10)12-8-9(15)7-11(13(12)16)14(18)19-2/h7-8,10H,3-6H2,1-2H3. The zero-order chi connectivity index (χ0) is 14.0. The Kier molecular flexibility index (Phi) is 4.74. The molecule has 5 heteroatoms. The summed E-state index contributed by atoms with van der Waals surface area (Å²) in [6.45, 7) is 0. The zero-order valence-electron chi connectivity index (χ0n) is 11.1. The van der Waals surface area contributed by atoms with E-state index in [0.717, 1.165) is 10.2 Å². The minimum atomic E-state index is -0.410. The van der Waals surface area contributed by atoms with E-state index in [9.17, 15) is 4.79 Å². The molecule has 104 valence electrons. The molecule has 0 bridgehead atoms. The quantitative estimate of drug-likeness (QED) is 0.766. The highest BCUT2D eigenvalue weighted by molar-refractivity contribution is 9.10. The molecule has 0 unspecified atom stereocenters. The van der Waals surface area contributed by atoms with Crippen molar-refractivity contribution in [1.29, 1.82) is 0 Å². The molecule has 0 aliphatic heterocycles. The first-order valence-electron chi connectivity index (χ1n) is 6.34. The largest absolute Gasteiger partial charge is 0.465 e. The Hall–Kier alpha value is -0.740. The Morgan fingerprint density at radius 2 is 2.05 bits per heavy atom. The molecule has 0 atom stereocenters. The van der Waals surface area contributed by atoms with Gasteiger partial charge in [-0.2, -0.15) is 0 Å². The Balaban J connectivity index is 2.39. The van der Waals surface area contributed by atoms with Gasteiger partial charge in [0.1, 0.15) is 0 Å². The average molecular weight is 347 g/mol. The summed E-state index contributed by atoms with van der Waals surface area (Å²) < 4.78 is 5.60. The first kappa shape index (κ1) is 14.7. The molecule has 1 saturated carbocycles. The number of halogens is 2. The summed E-state index contributed by atoms with van der Waals surface area (Å²) in [6.07, 6.45) is 4.86. The molecule has 0 aromatic heterocycles. The highest BCUT2D eigenvalue weighted by atomic mass is 79.9. The number of hydrogen-bond acceptors (Lipinski definition) is 3. The second-order valence-corrected chi connectivity index (χ2v) is 6.12. The number of ether oxygens (including phenoxy) is 1. The second kappa shape index (κ2) is 6.14. The van der Waals surface area contributed by atoms with Crippen LogP contribution in [0.4, 0.5) is 5.69 Å². The van der Waals surface area contributed by atoms with Crippen molar-refractivity contribution in [3.8, 4) is 0 Å². The van der Waals surface area contributed by atoms with E-state index in [-0.39, 0.29) is 0 Å². The Morgan fingerprint density at radius 1 is 1.42 bits per heavy atom. The molecule has 1 aromatic rings. The van der Waals surface area contributed by atoms with Crippen molar-refractivity contribution in [1.82, 2.24) is 0 Å². The van der Waals surface area contributed by atoms with Crippen LogP contribution >= 0.6 is 27.5 Å². The molecule has 0 amide bonds. The van der Waals surface area contributed by atoms with Gasteiger partial charge in [0, 0.05) is 17.6 Å². The lowest BCUT2D eigenvalue weighted by atomic mass is 10.1. The number of esters is 1. The maximum absolute atomic E-state index is 11.7. The van der Waals surface area contributed by atoms with E-state index in [2.05, 4.69) is 20.8 Å². The van der Waals surface area contributed by atoms with Crippen LogP contribution in [0.2, 0.25) is 5.02 Å². The van der Waals surface area contributed by atoms with E-state index in [1.165, 1.54) is 32.8 Å². The average Bonchev–Trinajstić information content (AvgIpc) is 2.93. The van der Waals surface area contributed by atoms with Crippen molar-refractivity contribution < 1.29 is 9.53 Å². The van der Waals surface area contributed by atoms with E-state index in [0.29, 0.717) is 16.6 Å². The van der Waals surface area contributed by atoms with E-state index < -0.39 is 5.97 Å². The molecule has 2 rings (SSSR count). The van der Waals surface area contributed by atoms with Crippen LogP contribution in [0.25, 0.3) is 0 Å². The number of nitrogens with zero attached hydrogens (tertiary/aromatic N) is 1. The van der Waals surface area contributed by atoms with Gasteiger partial charge < -0.3 is 9.64 Å². The molecule has 0 radical (unpaired) electrons. The molecule has 1 aromatic carbocycles. The van der Waals surface area contributed by atoms with Gasteiger partial charge in [-0.15, -0.1) is 0 Å². The monoisotopic (exact) mass is 345 g/mol. The summed E-state index contributed by atoms with van der Waals surface area (Å²) in [4.78, 5) is 13.9. The fourth-order valence-corrected chi connectivity index (χ4v) is 3.34. The fraction of sp³-hybridized carbons (Fsp3) is 0.500. The summed E-state index contributed by atoms with van der Waals surface area (Å²) in [5, 5.41) is 0.462. The molecule has 0 spiro atoms. The maximum Gasteiger partial charge on any atom is 0.339 e. The molecule has 0 heterocycles. The molecule has 3 nitrogen and oxygen atoms in total. The molecular formula is C14H17BrClNO2. The number of hydrogen-bond donors (Lipinski definition) is 0. The summed E-state index contributed by atoms with van der Waals surface area (Å²) in [5.74, 6) is -0.410. The molecular weight excluding hydrogens is 330 g/mol. The number of rotatable bonds is 3. The van der Waals surface area contributed by atoms with Crippen molar-refractivity contribution in [2.45, 2.75) is 31.7 Å². The van der Waals surface area contributed by atoms with Crippen LogP contribution in [0.1, 0.15) is 36.0 Å². The molecule has 19 heavy (non-hydrogen) atoms. The zero-order valence-corrected chi connectivity index (χ0v) is 13.4. The lowest BCUT2D eigenvalue weighted by molar-refractivity contribution is 0.0601. The first-order valence-corrected chi connectivity index (χ1v) is 7.52. The topological polar surface area (TPSA) is 29.5 Å². The predicted octanol–water partition coefficient (Wildman–Crippen LogP) is 4.27. The van der Waals surface area contributed by atoms with Crippen LogP contribution in [-0.4, -0.2) is 26.2 Å². The lowest BCUT2D eigenvalue weighted by Crippen LogP contribution is -2.29. The highest BCUT2D eigenvalue weighted by Gasteiger charge is 2.24. The van der Waals surface area contributed by atoms with Gasteiger partial charge in [-0.3, -0.25) is 0 Å². The van der Waals surface area contributed by atoms with Crippen molar-refractivity contribution in [3.63, 3.8) is 0 Å².